The fourth-order valence-corrected chi connectivity index (χ4v) is 3.01. The Kier molecular flexibility index (Phi) is 6.67. The fourth-order valence-electron chi connectivity index (χ4n) is 3.01. The van der Waals surface area contributed by atoms with E-state index >= 15 is 0 Å². The van der Waals surface area contributed by atoms with Crippen LogP contribution in [0.15, 0.2) is 54.6 Å². The number of amides is 1. The number of carbonyl (C=O) groups excluding carboxylic acids is 1. The first-order valence-corrected chi connectivity index (χ1v) is 9.60. The molecule has 0 fully saturated rings. The summed E-state index contributed by atoms with van der Waals surface area (Å²) in [6.07, 6.45) is -3.61. The number of nitrogens with zero attached hydrogens (tertiary/aromatic N) is 3. The number of hydrogen-bond acceptors (Lipinski definition) is 3. The lowest BCUT2D eigenvalue weighted by atomic mass is 10.1. The maximum atomic E-state index is 14.7. The van der Waals surface area contributed by atoms with Crippen LogP contribution in [0, 0.1) is 6.92 Å². The van der Waals surface area contributed by atoms with E-state index in [9.17, 15) is 22.4 Å². The van der Waals surface area contributed by atoms with Gasteiger partial charge in [0.05, 0.1) is 6.54 Å². The highest BCUT2D eigenvalue weighted by Crippen LogP contribution is 2.25. The van der Waals surface area contributed by atoms with Crippen LogP contribution >= 0.6 is 0 Å². The van der Waals surface area contributed by atoms with E-state index in [4.69, 9.17) is 0 Å². The molecule has 0 saturated carbocycles. The van der Waals surface area contributed by atoms with E-state index in [0.29, 0.717) is 23.4 Å². The summed E-state index contributed by atoms with van der Waals surface area (Å²) in [5.41, 5.74) is 2.54. The third-order valence-electron chi connectivity index (χ3n) is 4.55. The van der Waals surface area contributed by atoms with Crippen molar-refractivity contribution in [2.24, 2.45) is 0 Å². The van der Waals surface area contributed by atoms with Gasteiger partial charge in [0, 0.05) is 25.4 Å². The van der Waals surface area contributed by atoms with Crippen LogP contribution < -0.4 is 4.74 Å². The first-order chi connectivity index (χ1) is 15.0. The number of hydrogen-bond donors (Lipinski definition) is 0. The predicted octanol–water partition coefficient (Wildman–Crippen LogP) is 5.31. The summed E-state index contributed by atoms with van der Waals surface area (Å²) in [5, 5.41) is 4.28. The Balaban J connectivity index is 1.76. The summed E-state index contributed by atoms with van der Waals surface area (Å²) in [6, 6.07) is 13.5. The van der Waals surface area contributed by atoms with Gasteiger partial charge in [-0.3, -0.25) is 9.48 Å². The second kappa shape index (κ2) is 9.25. The van der Waals surface area contributed by atoms with E-state index in [1.54, 1.807) is 50.0 Å². The quantitative estimate of drug-likeness (QED) is 0.482. The molecule has 0 unspecified atom stereocenters. The molecule has 0 saturated heterocycles. The van der Waals surface area contributed by atoms with Gasteiger partial charge in [-0.15, -0.1) is 13.2 Å². The molecule has 3 rings (SSSR count). The molecule has 32 heavy (non-hydrogen) atoms. The molecule has 0 atom stereocenters. The number of ether oxygens (including phenoxy) is 1. The van der Waals surface area contributed by atoms with Gasteiger partial charge in [0.15, 0.2) is 5.83 Å². The van der Waals surface area contributed by atoms with Crippen LogP contribution in [0.1, 0.15) is 32.9 Å². The lowest BCUT2D eigenvalue weighted by Crippen LogP contribution is -2.21. The molecule has 0 radical (unpaired) electrons. The highest BCUT2D eigenvalue weighted by molar-refractivity contribution is 5.94. The fraction of sp³-hybridized carbons (Fsp3) is 0.217. The Morgan fingerprint density at radius 3 is 2.44 bits per heavy atom. The van der Waals surface area contributed by atoms with Crippen molar-refractivity contribution in [3.8, 4) is 5.75 Å². The summed E-state index contributed by atoms with van der Waals surface area (Å²) < 4.78 is 56.9. The molecule has 2 aromatic carbocycles. The molecule has 5 nitrogen and oxygen atoms in total. The molecule has 1 amide bonds. The molecule has 0 aliphatic rings. The van der Waals surface area contributed by atoms with Crippen molar-refractivity contribution >= 4 is 17.8 Å². The van der Waals surface area contributed by atoms with Crippen molar-refractivity contribution in [2.75, 3.05) is 14.1 Å². The molecule has 0 aliphatic heterocycles. The SMILES string of the molecule is Cc1cc(/C(F)=C/c2ccc(OC(F)(F)F)cc2)nn1Cc1cccc(C(=O)N(C)C)c1. The molecule has 3 aromatic rings. The van der Waals surface area contributed by atoms with Crippen LogP contribution in [0.4, 0.5) is 17.6 Å². The number of halogens is 4. The molecule has 1 aromatic heterocycles. The zero-order chi connectivity index (χ0) is 23.5. The highest BCUT2D eigenvalue weighted by atomic mass is 19.4. The summed E-state index contributed by atoms with van der Waals surface area (Å²) in [4.78, 5) is 13.6. The minimum absolute atomic E-state index is 0.0960. The van der Waals surface area contributed by atoms with Gasteiger partial charge in [-0.05, 0) is 54.5 Å². The van der Waals surface area contributed by atoms with Gasteiger partial charge >= 0.3 is 6.36 Å². The molecule has 1 heterocycles. The molecule has 9 heteroatoms. The number of benzene rings is 2. The first kappa shape index (κ1) is 23.1. The van der Waals surface area contributed by atoms with Crippen molar-refractivity contribution in [1.29, 1.82) is 0 Å². The van der Waals surface area contributed by atoms with E-state index in [0.717, 1.165) is 17.7 Å². The van der Waals surface area contributed by atoms with Crippen molar-refractivity contribution in [3.63, 3.8) is 0 Å². The molecule has 0 aliphatic carbocycles. The average Bonchev–Trinajstić information content (AvgIpc) is 3.08. The number of carbonyl (C=O) groups is 1. The van der Waals surface area contributed by atoms with Crippen molar-refractivity contribution in [2.45, 2.75) is 19.8 Å². The van der Waals surface area contributed by atoms with Gasteiger partial charge in [0.25, 0.3) is 5.91 Å². The minimum atomic E-state index is -4.79. The highest BCUT2D eigenvalue weighted by Gasteiger charge is 2.30. The van der Waals surface area contributed by atoms with E-state index in [1.165, 1.54) is 23.1 Å². The summed E-state index contributed by atoms with van der Waals surface area (Å²) in [6.45, 7) is 2.12. The van der Waals surface area contributed by atoms with Crippen molar-refractivity contribution < 1.29 is 27.1 Å². The molecule has 0 N–H and O–H groups in total. The molecular formula is C23H21F4N3O2. The zero-order valence-corrected chi connectivity index (χ0v) is 17.7. The maximum Gasteiger partial charge on any atom is 0.573 e. The molecule has 0 spiro atoms. The number of aryl methyl sites for hydroxylation is 1. The molecule has 0 bridgehead atoms. The molecule has 168 valence electrons. The van der Waals surface area contributed by atoms with Crippen LogP contribution in [0.5, 0.6) is 5.75 Å². The second-order valence-electron chi connectivity index (χ2n) is 7.34. The summed E-state index contributed by atoms with van der Waals surface area (Å²) in [7, 11) is 3.34. The number of alkyl halides is 3. The monoisotopic (exact) mass is 447 g/mol. The van der Waals surface area contributed by atoms with Crippen molar-refractivity contribution in [3.05, 3.63) is 82.7 Å². The third kappa shape index (κ3) is 5.96. The number of aromatic nitrogens is 2. The van der Waals surface area contributed by atoms with E-state index < -0.39 is 12.2 Å². The Bertz CT molecular complexity index is 1130. The summed E-state index contributed by atoms with van der Waals surface area (Å²) in [5.74, 6) is -1.14. The Morgan fingerprint density at radius 1 is 1.12 bits per heavy atom. The summed E-state index contributed by atoms with van der Waals surface area (Å²) >= 11 is 0. The van der Waals surface area contributed by atoms with Crippen LogP contribution in [-0.4, -0.2) is 41.0 Å². The van der Waals surface area contributed by atoms with E-state index in [2.05, 4.69) is 9.84 Å². The zero-order valence-electron chi connectivity index (χ0n) is 17.7. The lowest BCUT2D eigenvalue weighted by molar-refractivity contribution is -0.274. The second-order valence-corrected chi connectivity index (χ2v) is 7.34. The van der Waals surface area contributed by atoms with Gasteiger partial charge in [0.2, 0.25) is 0 Å². The van der Waals surface area contributed by atoms with Crippen LogP contribution in [0.2, 0.25) is 0 Å². The Hall–Kier alpha value is -3.62. The number of rotatable bonds is 6. The van der Waals surface area contributed by atoms with Crippen molar-refractivity contribution in [1.82, 2.24) is 14.7 Å². The third-order valence-corrected chi connectivity index (χ3v) is 4.55. The van der Waals surface area contributed by atoms with Gasteiger partial charge in [-0.1, -0.05) is 24.3 Å². The topological polar surface area (TPSA) is 47.4 Å². The van der Waals surface area contributed by atoms with Gasteiger partial charge < -0.3 is 9.64 Å². The maximum absolute atomic E-state index is 14.7. The van der Waals surface area contributed by atoms with E-state index in [-0.39, 0.29) is 17.4 Å². The first-order valence-electron chi connectivity index (χ1n) is 9.60. The van der Waals surface area contributed by atoms with Crippen LogP contribution in [0.3, 0.4) is 0 Å². The smallest absolute Gasteiger partial charge is 0.406 e. The van der Waals surface area contributed by atoms with Gasteiger partial charge in [0.1, 0.15) is 11.4 Å². The normalized spacial score (nSPS) is 12.0. The van der Waals surface area contributed by atoms with Crippen LogP contribution in [0.25, 0.3) is 11.9 Å². The predicted molar refractivity (Wildman–Crippen MR) is 113 cm³/mol. The van der Waals surface area contributed by atoms with Gasteiger partial charge in [-0.2, -0.15) is 5.10 Å². The lowest BCUT2D eigenvalue weighted by Gasteiger charge is -2.11. The standard InChI is InChI=1S/C23H21F4N3O2/c1-15-11-21(20(24)13-16-7-9-19(10-8-16)32-23(25,26)27)28-30(15)14-17-5-4-6-18(12-17)22(31)29(2)3/h4-13H,14H2,1-3H3/b20-13-. The minimum Gasteiger partial charge on any atom is -0.406 e. The average molecular weight is 447 g/mol. The van der Waals surface area contributed by atoms with Gasteiger partial charge in [-0.25, -0.2) is 4.39 Å². The Morgan fingerprint density at radius 2 is 1.81 bits per heavy atom. The largest absolute Gasteiger partial charge is 0.573 e. The van der Waals surface area contributed by atoms with Crippen LogP contribution in [-0.2, 0) is 6.54 Å². The Labute approximate surface area is 182 Å². The molecular weight excluding hydrogens is 426 g/mol. The van der Waals surface area contributed by atoms with E-state index in [1.807, 2.05) is 6.07 Å².